The zero-order valence-corrected chi connectivity index (χ0v) is 36.8. The first kappa shape index (κ1) is 54.1. The summed E-state index contributed by atoms with van der Waals surface area (Å²) in [5.41, 5.74) is 0. The molecule has 0 spiro atoms. The molecule has 0 aromatic rings. The molecule has 7 N–H and O–H groups in total. The van der Waals surface area contributed by atoms with Crippen LogP contribution in [0.15, 0.2) is 0 Å². The van der Waals surface area contributed by atoms with Gasteiger partial charge in [-0.2, -0.15) is 0 Å². The van der Waals surface area contributed by atoms with Gasteiger partial charge in [0, 0.05) is 13.0 Å². The van der Waals surface area contributed by atoms with E-state index < -0.39 is 86.7 Å². The van der Waals surface area contributed by atoms with Gasteiger partial charge in [-0.15, -0.1) is 0 Å². The van der Waals surface area contributed by atoms with Gasteiger partial charge in [0.05, 0.1) is 26.4 Å². The maximum Gasteiger partial charge on any atom is 0.306 e. The molecule has 0 aromatic heterocycles. The van der Waals surface area contributed by atoms with Crippen molar-refractivity contribution in [3.05, 3.63) is 0 Å². The van der Waals surface area contributed by atoms with Crippen molar-refractivity contribution in [2.24, 2.45) is 0 Å². The minimum absolute atomic E-state index is 0.0620. The van der Waals surface area contributed by atoms with E-state index in [1.54, 1.807) is 0 Å². The Morgan fingerprint density at radius 1 is 0.492 bits per heavy atom. The first-order valence-corrected chi connectivity index (χ1v) is 23.6. The van der Waals surface area contributed by atoms with Crippen LogP contribution in [0.2, 0.25) is 0 Å². The summed E-state index contributed by atoms with van der Waals surface area (Å²) in [6, 6.07) is 0. The molecule has 350 valence electrons. The lowest BCUT2D eigenvalue weighted by Gasteiger charge is -2.42. The Balaban J connectivity index is 1.53. The Kier molecular flexibility index (Phi) is 31.6. The van der Waals surface area contributed by atoms with Crippen molar-refractivity contribution in [2.45, 2.75) is 248 Å². The van der Waals surface area contributed by atoms with Gasteiger partial charge in [0.2, 0.25) is 0 Å². The van der Waals surface area contributed by atoms with E-state index in [1.165, 1.54) is 135 Å². The van der Waals surface area contributed by atoms with E-state index in [-0.39, 0.29) is 19.6 Å². The smallest absolute Gasteiger partial charge is 0.306 e. The number of carbonyl (C=O) groups is 1. The maximum atomic E-state index is 12.3. The number of aliphatic hydroxyl groups excluding tert-OH is 7. The summed E-state index contributed by atoms with van der Waals surface area (Å²) in [6.07, 6.45) is 16.7. The van der Waals surface area contributed by atoms with Gasteiger partial charge in [0.1, 0.15) is 54.9 Å². The van der Waals surface area contributed by atoms with Crippen molar-refractivity contribution in [1.29, 1.82) is 0 Å². The minimum Gasteiger partial charge on any atom is -0.457 e. The van der Waals surface area contributed by atoms with Crippen LogP contribution in [0, 0.1) is 0 Å². The average molecular weight is 851 g/mol. The molecular formula is C45H86O14. The molecule has 0 amide bonds. The van der Waals surface area contributed by atoms with Gasteiger partial charge in [-0.05, 0) is 12.8 Å². The van der Waals surface area contributed by atoms with E-state index in [2.05, 4.69) is 6.92 Å². The van der Waals surface area contributed by atoms with Crippen LogP contribution in [0.3, 0.4) is 0 Å². The topological polar surface area (TPSA) is 214 Å². The third kappa shape index (κ3) is 23.3. The molecule has 11 atom stereocenters. The number of aliphatic hydroxyl groups is 7. The number of unbranched alkanes of at least 4 members (excludes halogenated alkanes) is 23. The Morgan fingerprint density at radius 3 is 1.34 bits per heavy atom. The SMILES string of the molecule is CCCCCCCCCCCCCCCCCCCCCCCCCCOCC(COC1OC(COC2OC(CO)C(O)C(O)C2O)C(O)C(O)C1O)OC(=O)CCC. The van der Waals surface area contributed by atoms with Gasteiger partial charge >= 0.3 is 5.97 Å². The molecule has 0 bridgehead atoms. The average Bonchev–Trinajstić information content (AvgIpc) is 3.23. The van der Waals surface area contributed by atoms with E-state index in [4.69, 9.17) is 28.4 Å². The van der Waals surface area contributed by atoms with Crippen LogP contribution in [0.1, 0.15) is 181 Å². The molecule has 2 heterocycles. The number of ether oxygens (including phenoxy) is 6. The highest BCUT2D eigenvalue weighted by Crippen LogP contribution is 2.26. The first-order chi connectivity index (χ1) is 28.6. The fourth-order valence-corrected chi connectivity index (χ4v) is 7.74. The van der Waals surface area contributed by atoms with Crippen LogP contribution >= 0.6 is 0 Å². The number of esters is 1. The van der Waals surface area contributed by atoms with Crippen LogP contribution in [0.5, 0.6) is 0 Å². The van der Waals surface area contributed by atoms with Crippen molar-refractivity contribution in [2.75, 3.05) is 33.0 Å². The zero-order valence-electron chi connectivity index (χ0n) is 36.8. The highest BCUT2D eigenvalue weighted by atomic mass is 16.7. The molecule has 2 aliphatic rings. The maximum absolute atomic E-state index is 12.3. The molecule has 14 heteroatoms. The number of hydrogen-bond acceptors (Lipinski definition) is 14. The van der Waals surface area contributed by atoms with E-state index in [0.717, 1.165) is 19.3 Å². The summed E-state index contributed by atoms with van der Waals surface area (Å²) in [7, 11) is 0. The Morgan fingerprint density at radius 2 is 0.898 bits per heavy atom. The van der Waals surface area contributed by atoms with Crippen LogP contribution in [0.25, 0.3) is 0 Å². The standard InChI is InChI=1S/C45H86O14/c1-3-5-6-7-8-9-10-11-12-13-14-15-16-17-18-19-20-21-22-23-24-25-26-27-29-54-31-34(57-37(47)28-4-2)32-55-44-43(53)41(51)39(49)36(59-44)33-56-45-42(52)40(50)38(48)35(30-46)58-45/h34-36,38-46,48-53H,3-33H2,1-2H3. The molecule has 0 aliphatic carbocycles. The molecule has 14 nitrogen and oxygen atoms in total. The van der Waals surface area contributed by atoms with Crippen molar-refractivity contribution in [3.63, 3.8) is 0 Å². The quantitative estimate of drug-likeness (QED) is 0.0294. The Bertz CT molecular complexity index is 990. The predicted molar refractivity (Wildman–Crippen MR) is 224 cm³/mol. The molecule has 2 fully saturated rings. The molecular weight excluding hydrogens is 764 g/mol. The Labute approximate surface area is 355 Å². The molecule has 2 rings (SSSR count). The monoisotopic (exact) mass is 851 g/mol. The van der Waals surface area contributed by atoms with Crippen LogP contribution < -0.4 is 0 Å². The molecule has 2 aliphatic heterocycles. The second-order valence-corrected chi connectivity index (χ2v) is 16.9. The highest BCUT2D eigenvalue weighted by Gasteiger charge is 2.47. The molecule has 0 radical (unpaired) electrons. The predicted octanol–water partition coefficient (Wildman–Crippen LogP) is 5.74. The minimum atomic E-state index is -1.70. The van der Waals surface area contributed by atoms with Gasteiger partial charge in [-0.3, -0.25) is 4.79 Å². The van der Waals surface area contributed by atoms with Crippen LogP contribution in [-0.4, -0.2) is 142 Å². The lowest BCUT2D eigenvalue weighted by molar-refractivity contribution is -0.332. The molecule has 11 unspecified atom stereocenters. The van der Waals surface area contributed by atoms with Gasteiger partial charge in [-0.1, -0.05) is 162 Å². The number of hydrogen-bond donors (Lipinski definition) is 7. The summed E-state index contributed by atoms with van der Waals surface area (Å²) in [6.45, 7) is 3.34. The van der Waals surface area contributed by atoms with Crippen LogP contribution in [-0.2, 0) is 33.2 Å². The summed E-state index contributed by atoms with van der Waals surface area (Å²) in [5.74, 6) is -0.425. The lowest BCUT2D eigenvalue weighted by atomic mass is 9.98. The third-order valence-corrected chi connectivity index (χ3v) is 11.6. The third-order valence-electron chi connectivity index (χ3n) is 11.6. The zero-order chi connectivity index (χ0) is 43.1. The fraction of sp³-hybridized carbons (Fsp3) is 0.978. The second kappa shape index (κ2) is 34.5. The largest absolute Gasteiger partial charge is 0.457 e. The van der Waals surface area contributed by atoms with Crippen molar-refractivity contribution in [1.82, 2.24) is 0 Å². The van der Waals surface area contributed by atoms with Crippen LogP contribution in [0.4, 0.5) is 0 Å². The van der Waals surface area contributed by atoms with Gasteiger partial charge in [-0.25, -0.2) is 0 Å². The van der Waals surface area contributed by atoms with E-state index in [1.807, 2.05) is 6.92 Å². The summed E-state index contributed by atoms with van der Waals surface area (Å²) >= 11 is 0. The molecule has 0 saturated carbocycles. The number of carbonyl (C=O) groups excluding carboxylic acids is 1. The normalized spacial score (nSPS) is 27.9. The second-order valence-electron chi connectivity index (χ2n) is 16.9. The van der Waals surface area contributed by atoms with Crippen molar-refractivity contribution < 1.29 is 69.0 Å². The van der Waals surface area contributed by atoms with Crippen molar-refractivity contribution >= 4 is 5.97 Å². The highest BCUT2D eigenvalue weighted by molar-refractivity contribution is 5.69. The first-order valence-electron chi connectivity index (χ1n) is 23.6. The van der Waals surface area contributed by atoms with Gasteiger partial charge in [0.25, 0.3) is 0 Å². The summed E-state index contributed by atoms with van der Waals surface area (Å²) in [4.78, 5) is 12.3. The summed E-state index contributed by atoms with van der Waals surface area (Å²) < 4.78 is 33.6. The van der Waals surface area contributed by atoms with E-state index in [9.17, 15) is 40.5 Å². The van der Waals surface area contributed by atoms with E-state index in [0.29, 0.717) is 13.0 Å². The lowest BCUT2D eigenvalue weighted by Crippen LogP contribution is -2.61. The summed E-state index contributed by atoms with van der Waals surface area (Å²) in [5, 5.41) is 71.3. The van der Waals surface area contributed by atoms with Gasteiger partial charge in [0.15, 0.2) is 12.6 Å². The fourth-order valence-electron chi connectivity index (χ4n) is 7.74. The molecule has 59 heavy (non-hydrogen) atoms. The molecule has 2 saturated heterocycles. The molecule has 0 aromatic carbocycles. The van der Waals surface area contributed by atoms with Gasteiger partial charge < -0.3 is 64.2 Å². The Hall–Kier alpha value is -1.01. The number of rotatable bonds is 37. The van der Waals surface area contributed by atoms with Crippen molar-refractivity contribution in [3.8, 4) is 0 Å². The van der Waals surface area contributed by atoms with E-state index >= 15 is 0 Å².